The average Bonchev–Trinajstić information content (AvgIpc) is 3.15. The summed E-state index contributed by atoms with van der Waals surface area (Å²) in [4.78, 5) is 12.3. The van der Waals surface area contributed by atoms with Gasteiger partial charge in [0.15, 0.2) is 0 Å². The number of allylic oxidation sites excluding steroid dienone is 15. The van der Waals surface area contributed by atoms with Crippen LogP contribution in [-0.4, -0.2) is 34.9 Å². The van der Waals surface area contributed by atoms with Crippen LogP contribution in [0.2, 0.25) is 0 Å². The molecule has 0 aromatic rings. The molecule has 1 amide bonds. The number of hydrogen-bond donors (Lipinski definition) is 3. The molecule has 4 heteroatoms. The molecule has 0 aliphatic heterocycles. The van der Waals surface area contributed by atoms with Crippen LogP contribution in [0, 0.1) is 0 Å². The molecule has 0 bridgehead atoms. The van der Waals surface area contributed by atoms with Gasteiger partial charge in [0.25, 0.3) is 0 Å². The fourth-order valence-electron chi connectivity index (χ4n) is 5.80. The minimum Gasteiger partial charge on any atom is -0.394 e. The van der Waals surface area contributed by atoms with E-state index >= 15 is 0 Å². The fraction of sp³-hybridized carbons (Fsp3) is 0.646. The Hall–Kier alpha value is -2.69. The van der Waals surface area contributed by atoms with Crippen LogP contribution in [0.5, 0.6) is 0 Å². The minimum atomic E-state index is -0.845. The largest absolute Gasteiger partial charge is 0.394 e. The van der Waals surface area contributed by atoms with Crippen molar-refractivity contribution < 1.29 is 15.0 Å². The third-order valence-electron chi connectivity index (χ3n) is 9.07. The molecule has 0 aliphatic carbocycles. The van der Waals surface area contributed by atoms with Gasteiger partial charge in [0.2, 0.25) is 5.91 Å². The zero-order valence-corrected chi connectivity index (χ0v) is 33.8. The van der Waals surface area contributed by atoms with Crippen LogP contribution in [0.1, 0.15) is 181 Å². The van der Waals surface area contributed by atoms with Crippen molar-refractivity contribution in [3.8, 4) is 0 Å². The number of carbonyl (C=O) groups is 1. The summed E-state index contributed by atoms with van der Waals surface area (Å²) < 4.78 is 0. The van der Waals surface area contributed by atoms with Gasteiger partial charge in [-0.15, -0.1) is 0 Å². The summed E-state index contributed by atoms with van der Waals surface area (Å²) in [6.07, 6.45) is 63.7. The Kier molecular flexibility index (Phi) is 40.5. The highest BCUT2D eigenvalue weighted by molar-refractivity contribution is 5.76. The number of rotatable bonds is 37. The first kappa shape index (κ1) is 49.3. The topological polar surface area (TPSA) is 69.6 Å². The van der Waals surface area contributed by atoms with Gasteiger partial charge >= 0.3 is 0 Å². The predicted molar refractivity (Wildman–Crippen MR) is 230 cm³/mol. The highest BCUT2D eigenvalue weighted by atomic mass is 16.3. The second-order valence-electron chi connectivity index (χ2n) is 14.0. The molecule has 0 heterocycles. The molecule has 3 N–H and O–H groups in total. The summed E-state index contributed by atoms with van der Waals surface area (Å²) in [7, 11) is 0. The molecule has 0 aromatic carbocycles. The molecule has 0 aromatic heterocycles. The zero-order valence-electron chi connectivity index (χ0n) is 33.8. The van der Waals surface area contributed by atoms with Gasteiger partial charge in [-0.25, -0.2) is 0 Å². The Morgan fingerprint density at radius 2 is 0.846 bits per heavy atom. The van der Waals surface area contributed by atoms with Crippen LogP contribution in [0.15, 0.2) is 97.2 Å². The highest BCUT2D eigenvalue weighted by Gasteiger charge is 2.17. The molecule has 296 valence electrons. The van der Waals surface area contributed by atoms with E-state index in [4.69, 9.17) is 0 Å². The van der Waals surface area contributed by atoms with Crippen molar-refractivity contribution in [1.82, 2.24) is 5.32 Å². The molecular weight excluding hydrogens is 639 g/mol. The van der Waals surface area contributed by atoms with E-state index in [0.29, 0.717) is 6.42 Å². The summed E-state index contributed by atoms with van der Waals surface area (Å²) in [5.74, 6) is -0.0787. The summed E-state index contributed by atoms with van der Waals surface area (Å²) >= 11 is 0. The number of nitrogens with one attached hydrogen (secondary N) is 1. The summed E-state index contributed by atoms with van der Waals surface area (Å²) in [6, 6.07) is -0.629. The minimum absolute atomic E-state index is 0.0787. The molecule has 0 fully saturated rings. The van der Waals surface area contributed by atoms with Crippen molar-refractivity contribution in [2.24, 2.45) is 0 Å². The van der Waals surface area contributed by atoms with Crippen LogP contribution >= 0.6 is 0 Å². The zero-order chi connectivity index (χ0) is 37.8. The smallest absolute Gasteiger partial charge is 0.220 e. The quantitative estimate of drug-likeness (QED) is 0.0442. The van der Waals surface area contributed by atoms with E-state index in [1.165, 1.54) is 83.5 Å². The predicted octanol–water partition coefficient (Wildman–Crippen LogP) is 13.5. The first-order chi connectivity index (χ1) is 25.7. The maximum absolute atomic E-state index is 12.3. The van der Waals surface area contributed by atoms with Crippen LogP contribution in [0.4, 0.5) is 0 Å². The van der Waals surface area contributed by atoms with Crippen LogP contribution < -0.4 is 5.32 Å². The Balaban J connectivity index is 3.61. The number of aliphatic hydroxyl groups excluding tert-OH is 2. The second kappa shape index (κ2) is 42.7. The van der Waals surface area contributed by atoms with Gasteiger partial charge in [-0.05, 0) is 77.0 Å². The lowest BCUT2D eigenvalue weighted by Crippen LogP contribution is -2.45. The SMILES string of the molecule is CC/C=C\C/C=C\C/C=C\C/C=C\C/C=C\C/C=C\C/C=C\CCCCCCCCCCCC(=O)NC(CO)C(O)/C=C/CCCCCCCCC. The molecule has 0 saturated heterocycles. The molecule has 0 saturated carbocycles. The normalized spacial score (nSPS) is 14.0. The van der Waals surface area contributed by atoms with Crippen molar-refractivity contribution in [1.29, 1.82) is 0 Å². The highest BCUT2D eigenvalue weighted by Crippen LogP contribution is 2.13. The van der Waals surface area contributed by atoms with Gasteiger partial charge in [-0.2, -0.15) is 0 Å². The Bertz CT molecular complexity index is 999. The second-order valence-corrected chi connectivity index (χ2v) is 14.0. The third-order valence-corrected chi connectivity index (χ3v) is 9.07. The van der Waals surface area contributed by atoms with Crippen LogP contribution in [-0.2, 0) is 4.79 Å². The first-order valence-corrected chi connectivity index (χ1v) is 21.5. The van der Waals surface area contributed by atoms with Crippen LogP contribution in [0.3, 0.4) is 0 Å². The molecule has 0 rings (SSSR count). The Morgan fingerprint density at radius 1 is 0.481 bits per heavy atom. The molecule has 4 nitrogen and oxygen atoms in total. The number of unbranched alkanes of at least 4 members (excludes halogenated alkanes) is 16. The maximum atomic E-state index is 12.3. The van der Waals surface area contributed by atoms with Gasteiger partial charge < -0.3 is 15.5 Å². The van der Waals surface area contributed by atoms with E-state index in [0.717, 1.165) is 77.0 Å². The average molecular weight is 720 g/mol. The van der Waals surface area contributed by atoms with Gasteiger partial charge in [0.1, 0.15) is 0 Å². The van der Waals surface area contributed by atoms with E-state index in [1.54, 1.807) is 6.08 Å². The number of hydrogen-bond acceptors (Lipinski definition) is 3. The van der Waals surface area contributed by atoms with Crippen LogP contribution in [0.25, 0.3) is 0 Å². The maximum Gasteiger partial charge on any atom is 0.220 e. The molecule has 0 aliphatic rings. The molecule has 2 unspecified atom stereocenters. The van der Waals surface area contributed by atoms with Crippen molar-refractivity contribution >= 4 is 5.91 Å². The lowest BCUT2D eigenvalue weighted by atomic mass is 10.0. The van der Waals surface area contributed by atoms with Gasteiger partial charge in [0.05, 0.1) is 18.8 Å². The van der Waals surface area contributed by atoms with Gasteiger partial charge in [-0.1, -0.05) is 195 Å². The standard InChI is InChI=1S/C48H81NO3/c1-3-5-7-9-11-13-14-15-16-17-18-19-20-21-22-23-24-25-26-27-28-29-30-31-32-33-34-36-38-40-42-44-48(52)49-46(45-50)47(51)43-41-39-37-35-12-10-8-6-4-2/h5,7,11,13,15-16,18-19,21-22,24-25,27-28,41,43,46-47,50-51H,3-4,6,8-10,12,14,17,20,23,26,29-40,42,44-45H2,1-2H3,(H,49,52)/b7-5-,13-11-,16-15-,19-18-,22-21-,25-24-,28-27-,43-41+. The monoisotopic (exact) mass is 720 g/mol. The van der Waals surface area contributed by atoms with Crippen molar-refractivity contribution in [3.63, 3.8) is 0 Å². The summed E-state index contributed by atoms with van der Waals surface area (Å²) in [6.45, 7) is 4.14. The fourth-order valence-corrected chi connectivity index (χ4v) is 5.80. The molecule has 52 heavy (non-hydrogen) atoms. The van der Waals surface area contributed by atoms with Crippen molar-refractivity contribution in [2.75, 3.05) is 6.61 Å². The Labute approximate surface area is 322 Å². The number of carbonyl (C=O) groups excluding carboxylic acids is 1. The number of aliphatic hydroxyl groups is 2. The summed E-state index contributed by atoms with van der Waals surface area (Å²) in [5.41, 5.74) is 0. The summed E-state index contributed by atoms with van der Waals surface area (Å²) in [5, 5.41) is 22.8. The number of amides is 1. The lowest BCUT2D eigenvalue weighted by Gasteiger charge is -2.20. The molecule has 2 atom stereocenters. The van der Waals surface area contributed by atoms with E-state index < -0.39 is 12.1 Å². The van der Waals surface area contributed by atoms with E-state index in [-0.39, 0.29) is 12.5 Å². The third kappa shape index (κ3) is 38.5. The lowest BCUT2D eigenvalue weighted by molar-refractivity contribution is -0.123. The molecule has 0 radical (unpaired) electrons. The van der Waals surface area contributed by atoms with Gasteiger partial charge in [0, 0.05) is 6.42 Å². The molecule has 0 spiro atoms. The van der Waals surface area contributed by atoms with E-state index in [1.807, 2.05) is 6.08 Å². The van der Waals surface area contributed by atoms with E-state index in [9.17, 15) is 15.0 Å². The van der Waals surface area contributed by atoms with Crippen molar-refractivity contribution in [3.05, 3.63) is 97.2 Å². The van der Waals surface area contributed by atoms with Gasteiger partial charge in [-0.3, -0.25) is 4.79 Å². The molecular formula is C48H81NO3. The Morgan fingerprint density at radius 3 is 1.27 bits per heavy atom. The van der Waals surface area contributed by atoms with Crippen molar-refractivity contribution in [2.45, 2.75) is 193 Å². The van der Waals surface area contributed by atoms with E-state index in [2.05, 4.69) is 104 Å². The first-order valence-electron chi connectivity index (χ1n) is 21.5.